The molecule has 104 valence electrons. The van der Waals surface area contributed by atoms with Crippen LogP contribution in [0.3, 0.4) is 0 Å². The SMILES string of the molecule is CCCC1(C(=O)N(C)CC(=O)NC)CCCNC1. The minimum absolute atomic E-state index is 0.0974. The van der Waals surface area contributed by atoms with E-state index in [4.69, 9.17) is 0 Å². The van der Waals surface area contributed by atoms with Crippen LogP contribution in [0.5, 0.6) is 0 Å². The van der Waals surface area contributed by atoms with E-state index in [1.54, 1.807) is 19.0 Å². The number of nitrogens with zero attached hydrogens (tertiary/aromatic N) is 1. The Labute approximate surface area is 109 Å². The van der Waals surface area contributed by atoms with Crippen LogP contribution in [0.15, 0.2) is 0 Å². The predicted octanol–water partition coefficient (Wildman–Crippen LogP) is 0.361. The van der Waals surface area contributed by atoms with Gasteiger partial charge in [0.15, 0.2) is 0 Å². The molecule has 1 aliphatic heterocycles. The Bertz CT molecular complexity index is 293. The summed E-state index contributed by atoms with van der Waals surface area (Å²) in [5.74, 6) is -0.0265. The highest BCUT2D eigenvalue weighted by molar-refractivity contribution is 5.88. The molecule has 18 heavy (non-hydrogen) atoms. The van der Waals surface area contributed by atoms with E-state index in [9.17, 15) is 9.59 Å². The van der Waals surface area contributed by atoms with Gasteiger partial charge in [0.2, 0.25) is 11.8 Å². The Balaban J connectivity index is 2.72. The predicted molar refractivity (Wildman–Crippen MR) is 71.1 cm³/mol. The van der Waals surface area contributed by atoms with Gasteiger partial charge < -0.3 is 15.5 Å². The van der Waals surface area contributed by atoms with Crippen LogP contribution in [-0.2, 0) is 9.59 Å². The van der Waals surface area contributed by atoms with Crippen molar-refractivity contribution in [2.75, 3.05) is 33.7 Å². The molecule has 0 radical (unpaired) electrons. The van der Waals surface area contributed by atoms with E-state index in [2.05, 4.69) is 17.6 Å². The van der Waals surface area contributed by atoms with Crippen LogP contribution in [0, 0.1) is 5.41 Å². The normalized spacial score (nSPS) is 23.5. The number of carbonyl (C=O) groups is 2. The molecular formula is C13H25N3O2. The maximum absolute atomic E-state index is 12.6. The third-order valence-corrected chi connectivity index (χ3v) is 3.66. The van der Waals surface area contributed by atoms with Gasteiger partial charge in [0.1, 0.15) is 0 Å². The van der Waals surface area contributed by atoms with Crippen molar-refractivity contribution in [2.45, 2.75) is 32.6 Å². The monoisotopic (exact) mass is 255 g/mol. The molecule has 0 aliphatic carbocycles. The second-order valence-electron chi connectivity index (χ2n) is 5.15. The van der Waals surface area contributed by atoms with E-state index >= 15 is 0 Å². The van der Waals surface area contributed by atoms with Crippen LogP contribution in [0.25, 0.3) is 0 Å². The fourth-order valence-corrected chi connectivity index (χ4v) is 2.72. The van der Waals surface area contributed by atoms with Gasteiger partial charge in [-0.2, -0.15) is 0 Å². The third-order valence-electron chi connectivity index (χ3n) is 3.66. The summed E-state index contributed by atoms with van der Waals surface area (Å²) in [5.41, 5.74) is -0.310. The van der Waals surface area contributed by atoms with Gasteiger partial charge in [0, 0.05) is 20.6 Å². The van der Waals surface area contributed by atoms with Gasteiger partial charge in [-0.15, -0.1) is 0 Å². The van der Waals surface area contributed by atoms with Gasteiger partial charge in [-0.25, -0.2) is 0 Å². The van der Waals surface area contributed by atoms with Crippen LogP contribution in [-0.4, -0.2) is 50.4 Å². The molecule has 1 rings (SSSR count). The van der Waals surface area contributed by atoms with Crippen LogP contribution >= 0.6 is 0 Å². The molecule has 1 aliphatic rings. The minimum Gasteiger partial charge on any atom is -0.358 e. The number of piperidine rings is 1. The summed E-state index contributed by atoms with van der Waals surface area (Å²) in [6.07, 6.45) is 3.82. The number of amides is 2. The molecule has 1 fully saturated rings. The van der Waals surface area contributed by atoms with Crippen molar-refractivity contribution in [3.8, 4) is 0 Å². The summed E-state index contributed by atoms with van der Waals surface area (Å²) in [6, 6.07) is 0. The van der Waals surface area contributed by atoms with Crippen molar-refractivity contribution in [1.29, 1.82) is 0 Å². The van der Waals surface area contributed by atoms with Gasteiger partial charge in [0.05, 0.1) is 12.0 Å². The molecule has 1 heterocycles. The zero-order chi connectivity index (χ0) is 13.6. The van der Waals surface area contributed by atoms with Crippen molar-refractivity contribution in [1.82, 2.24) is 15.5 Å². The molecule has 0 saturated carbocycles. The van der Waals surface area contributed by atoms with E-state index in [0.29, 0.717) is 0 Å². The van der Waals surface area contributed by atoms with Crippen molar-refractivity contribution in [2.24, 2.45) is 5.41 Å². The minimum atomic E-state index is -0.310. The third kappa shape index (κ3) is 3.45. The molecule has 5 nitrogen and oxygen atoms in total. The van der Waals surface area contributed by atoms with E-state index in [1.807, 2.05) is 0 Å². The van der Waals surface area contributed by atoms with E-state index in [1.165, 1.54) is 0 Å². The average molecular weight is 255 g/mol. The summed E-state index contributed by atoms with van der Waals surface area (Å²) in [4.78, 5) is 25.5. The Morgan fingerprint density at radius 3 is 2.67 bits per heavy atom. The van der Waals surface area contributed by atoms with Crippen LogP contribution in [0.2, 0.25) is 0 Å². The summed E-state index contributed by atoms with van der Waals surface area (Å²) in [5, 5.41) is 5.87. The van der Waals surface area contributed by atoms with Gasteiger partial charge in [-0.1, -0.05) is 13.3 Å². The zero-order valence-corrected chi connectivity index (χ0v) is 11.7. The van der Waals surface area contributed by atoms with Crippen LogP contribution < -0.4 is 10.6 Å². The summed E-state index contributed by atoms with van der Waals surface area (Å²) >= 11 is 0. The first-order valence-corrected chi connectivity index (χ1v) is 6.72. The molecule has 0 spiro atoms. The molecule has 0 aromatic carbocycles. The quantitative estimate of drug-likeness (QED) is 0.746. The fourth-order valence-electron chi connectivity index (χ4n) is 2.72. The maximum atomic E-state index is 12.6. The lowest BCUT2D eigenvalue weighted by Gasteiger charge is -2.38. The topological polar surface area (TPSA) is 61.4 Å². The molecule has 1 atom stereocenters. The highest BCUT2D eigenvalue weighted by Crippen LogP contribution is 2.33. The highest BCUT2D eigenvalue weighted by atomic mass is 16.2. The molecule has 5 heteroatoms. The Hall–Kier alpha value is -1.10. The van der Waals surface area contributed by atoms with Crippen LogP contribution in [0.4, 0.5) is 0 Å². The van der Waals surface area contributed by atoms with E-state index in [0.717, 1.165) is 38.8 Å². The lowest BCUT2D eigenvalue weighted by molar-refractivity contribution is -0.145. The Morgan fingerprint density at radius 2 is 2.17 bits per heavy atom. The summed E-state index contributed by atoms with van der Waals surface area (Å²) < 4.78 is 0. The molecule has 1 unspecified atom stereocenters. The first-order chi connectivity index (χ1) is 8.55. The molecule has 1 saturated heterocycles. The van der Waals surface area contributed by atoms with Gasteiger partial charge in [-0.3, -0.25) is 9.59 Å². The zero-order valence-electron chi connectivity index (χ0n) is 11.7. The smallest absolute Gasteiger partial charge is 0.239 e. The molecule has 0 bridgehead atoms. The Morgan fingerprint density at radius 1 is 1.44 bits per heavy atom. The molecular weight excluding hydrogens is 230 g/mol. The van der Waals surface area contributed by atoms with Crippen molar-refractivity contribution in [3.63, 3.8) is 0 Å². The molecule has 2 N–H and O–H groups in total. The van der Waals surface area contributed by atoms with Crippen molar-refractivity contribution in [3.05, 3.63) is 0 Å². The van der Waals surface area contributed by atoms with E-state index < -0.39 is 0 Å². The van der Waals surface area contributed by atoms with Crippen LogP contribution in [0.1, 0.15) is 32.6 Å². The van der Waals surface area contributed by atoms with Gasteiger partial charge in [0.25, 0.3) is 0 Å². The number of carbonyl (C=O) groups excluding carboxylic acids is 2. The second-order valence-corrected chi connectivity index (χ2v) is 5.15. The summed E-state index contributed by atoms with van der Waals surface area (Å²) in [6.45, 7) is 3.96. The summed E-state index contributed by atoms with van der Waals surface area (Å²) in [7, 11) is 3.30. The standard InChI is InChI=1S/C13H25N3O2/c1-4-6-13(7-5-8-15-10-13)12(18)16(3)9-11(17)14-2/h15H,4-10H2,1-3H3,(H,14,17). The second kappa shape index (κ2) is 6.73. The van der Waals surface area contributed by atoms with Gasteiger partial charge >= 0.3 is 0 Å². The number of likely N-dealkylation sites (N-methyl/N-ethyl adjacent to an activating group) is 2. The largest absolute Gasteiger partial charge is 0.358 e. The highest BCUT2D eigenvalue weighted by Gasteiger charge is 2.40. The first-order valence-electron chi connectivity index (χ1n) is 6.72. The lowest BCUT2D eigenvalue weighted by Crippen LogP contribution is -2.52. The van der Waals surface area contributed by atoms with E-state index in [-0.39, 0.29) is 23.8 Å². The number of nitrogens with one attached hydrogen (secondary N) is 2. The molecule has 0 aromatic rings. The molecule has 0 aromatic heterocycles. The van der Waals surface area contributed by atoms with Gasteiger partial charge in [-0.05, 0) is 25.8 Å². The fraction of sp³-hybridized carbons (Fsp3) is 0.846. The maximum Gasteiger partial charge on any atom is 0.239 e. The number of hydrogen-bond acceptors (Lipinski definition) is 3. The van der Waals surface area contributed by atoms with Crippen molar-refractivity contribution < 1.29 is 9.59 Å². The molecule has 2 amide bonds. The average Bonchev–Trinajstić information content (AvgIpc) is 2.39. The van der Waals surface area contributed by atoms with Crippen molar-refractivity contribution >= 4 is 11.8 Å². The lowest BCUT2D eigenvalue weighted by atomic mass is 9.76. The number of rotatable bonds is 5. The first kappa shape index (κ1) is 15.0. The Kier molecular flexibility index (Phi) is 5.59. The number of hydrogen-bond donors (Lipinski definition) is 2.